The van der Waals surface area contributed by atoms with E-state index in [9.17, 15) is 0 Å². The van der Waals surface area contributed by atoms with Crippen molar-refractivity contribution in [1.29, 1.82) is 0 Å². The summed E-state index contributed by atoms with van der Waals surface area (Å²) in [6.07, 6.45) is 7.97. The normalized spacial score (nSPS) is 12.2. The number of nitrogens with one attached hydrogen (secondary N) is 2. The summed E-state index contributed by atoms with van der Waals surface area (Å²) in [7, 11) is 0. The molecule has 0 bridgehead atoms. The number of aromatic amines is 1. The summed E-state index contributed by atoms with van der Waals surface area (Å²) < 4.78 is 0. The maximum absolute atomic E-state index is 4.67. The quantitative estimate of drug-likeness (QED) is 0.568. The molecule has 0 aliphatic heterocycles. The molecule has 26 heavy (non-hydrogen) atoms. The number of hydrogen-bond acceptors (Lipinski definition) is 5. The highest BCUT2D eigenvalue weighted by molar-refractivity contribution is 5.90. The van der Waals surface area contributed by atoms with Crippen LogP contribution in [0.25, 0.3) is 22.4 Å². The van der Waals surface area contributed by atoms with Crippen LogP contribution >= 0.6 is 0 Å². The standard InChI is InChI=1S/C20H20N6/c1-3-14-4-6-15(7-5-14)13(2)25-18-8-9-22-20(26-18)17-11-23-19-16(17)10-21-12-24-19/h4-13H,3H2,1-2H3,(H,21,23,24)(H,22,25,26)/t13-/m1/s1. The molecule has 0 aliphatic carbocycles. The molecule has 4 aromatic rings. The van der Waals surface area contributed by atoms with E-state index in [1.54, 1.807) is 12.4 Å². The Bertz CT molecular complexity index is 1020. The minimum absolute atomic E-state index is 0.148. The van der Waals surface area contributed by atoms with Crippen molar-refractivity contribution < 1.29 is 0 Å². The lowest BCUT2D eigenvalue weighted by atomic mass is 10.1. The van der Waals surface area contributed by atoms with E-state index in [-0.39, 0.29) is 6.04 Å². The lowest BCUT2D eigenvalue weighted by Gasteiger charge is -2.15. The fraction of sp³-hybridized carbons (Fsp3) is 0.200. The topological polar surface area (TPSA) is 79.4 Å². The first-order valence-electron chi connectivity index (χ1n) is 8.70. The molecule has 0 saturated heterocycles. The van der Waals surface area contributed by atoms with Gasteiger partial charge in [-0.3, -0.25) is 0 Å². The van der Waals surface area contributed by atoms with Crippen LogP contribution in [0.1, 0.15) is 31.0 Å². The minimum atomic E-state index is 0.148. The van der Waals surface area contributed by atoms with Crippen molar-refractivity contribution in [3.63, 3.8) is 0 Å². The first-order chi connectivity index (χ1) is 12.7. The molecule has 4 rings (SSSR count). The molecule has 3 aromatic heterocycles. The zero-order valence-electron chi connectivity index (χ0n) is 14.8. The second kappa shape index (κ2) is 6.92. The van der Waals surface area contributed by atoms with Crippen LogP contribution in [-0.4, -0.2) is 24.9 Å². The van der Waals surface area contributed by atoms with Crippen LogP contribution in [0.5, 0.6) is 0 Å². The fourth-order valence-corrected chi connectivity index (χ4v) is 2.96. The van der Waals surface area contributed by atoms with Gasteiger partial charge in [0.05, 0.1) is 0 Å². The van der Waals surface area contributed by atoms with E-state index in [4.69, 9.17) is 0 Å². The van der Waals surface area contributed by atoms with E-state index in [1.807, 2.05) is 12.3 Å². The second-order valence-electron chi connectivity index (χ2n) is 6.21. The first-order valence-corrected chi connectivity index (χ1v) is 8.70. The number of nitrogens with zero attached hydrogens (tertiary/aromatic N) is 4. The number of anilines is 1. The maximum atomic E-state index is 4.67. The Labute approximate surface area is 151 Å². The van der Waals surface area contributed by atoms with Crippen molar-refractivity contribution in [2.45, 2.75) is 26.3 Å². The van der Waals surface area contributed by atoms with Crippen molar-refractivity contribution in [3.05, 3.63) is 66.4 Å². The molecular weight excluding hydrogens is 324 g/mol. The molecule has 1 atom stereocenters. The third-order valence-electron chi connectivity index (χ3n) is 4.50. The van der Waals surface area contributed by atoms with E-state index in [1.165, 1.54) is 17.5 Å². The van der Waals surface area contributed by atoms with Crippen molar-refractivity contribution in [2.75, 3.05) is 5.32 Å². The van der Waals surface area contributed by atoms with Crippen molar-refractivity contribution in [3.8, 4) is 11.4 Å². The molecule has 0 saturated carbocycles. The van der Waals surface area contributed by atoms with Gasteiger partial charge < -0.3 is 10.3 Å². The molecule has 1 aromatic carbocycles. The Morgan fingerprint density at radius 3 is 2.77 bits per heavy atom. The predicted octanol–water partition coefficient (Wildman–Crippen LogP) is 4.15. The minimum Gasteiger partial charge on any atom is -0.363 e. The number of benzene rings is 1. The lowest BCUT2D eigenvalue weighted by molar-refractivity contribution is 0.871. The summed E-state index contributed by atoms with van der Waals surface area (Å²) in [5, 5.41) is 4.36. The van der Waals surface area contributed by atoms with E-state index in [0.717, 1.165) is 28.8 Å². The largest absolute Gasteiger partial charge is 0.363 e. The average molecular weight is 344 g/mol. The van der Waals surface area contributed by atoms with Gasteiger partial charge in [-0.1, -0.05) is 31.2 Å². The Kier molecular flexibility index (Phi) is 4.31. The SMILES string of the molecule is CCc1ccc([C@@H](C)Nc2ccnc(-c3c[nH]c4ncncc34)n2)cc1. The molecular formula is C20H20N6. The number of rotatable bonds is 5. The highest BCUT2D eigenvalue weighted by Gasteiger charge is 2.12. The Hall–Kier alpha value is -3.28. The maximum Gasteiger partial charge on any atom is 0.163 e. The fourth-order valence-electron chi connectivity index (χ4n) is 2.96. The summed E-state index contributed by atoms with van der Waals surface area (Å²) >= 11 is 0. The molecule has 2 N–H and O–H groups in total. The van der Waals surface area contributed by atoms with Crippen LogP contribution in [0, 0.1) is 0 Å². The molecule has 6 heteroatoms. The van der Waals surface area contributed by atoms with E-state index in [0.29, 0.717) is 5.82 Å². The highest BCUT2D eigenvalue weighted by atomic mass is 15.0. The predicted molar refractivity (Wildman–Crippen MR) is 103 cm³/mol. The van der Waals surface area contributed by atoms with E-state index < -0.39 is 0 Å². The number of hydrogen-bond donors (Lipinski definition) is 2. The number of fused-ring (bicyclic) bond motifs is 1. The van der Waals surface area contributed by atoms with Gasteiger partial charge in [-0.2, -0.15) is 0 Å². The molecule has 0 amide bonds. The monoisotopic (exact) mass is 344 g/mol. The van der Waals surface area contributed by atoms with E-state index in [2.05, 4.69) is 68.3 Å². The van der Waals surface area contributed by atoms with Gasteiger partial charge in [-0.05, 0) is 30.5 Å². The van der Waals surface area contributed by atoms with Gasteiger partial charge in [-0.25, -0.2) is 19.9 Å². The van der Waals surface area contributed by atoms with Gasteiger partial charge in [0.15, 0.2) is 5.82 Å². The highest BCUT2D eigenvalue weighted by Crippen LogP contribution is 2.25. The van der Waals surface area contributed by atoms with Crippen LogP contribution in [0.3, 0.4) is 0 Å². The Balaban J connectivity index is 1.59. The van der Waals surface area contributed by atoms with Crippen LogP contribution < -0.4 is 5.32 Å². The Morgan fingerprint density at radius 2 is 1.96 bits per heavy atom. The lowest BCUT2D eigenvalue weighted by Crippen LogP contribution is -2.08. The van der Waals surface area contributed by atoms with Crippen molar-refractivity contribution >= 4 is 16.9 Å². The van der Waals surface area contributed by atoms with Crippen LogP contribution in [0.15, 0.2) is 55.2 Å². The summed E-state index contributed by atoms with van der Waals surface area (Å²) in [4.78, 5) is 20.5. The molecule has 0 fully saturated rings. The molecule has 0 radical (unpaired) electrons. The average Bonchev–Trinajstić information content (AvgIpc) is 3.12. The zero-order chi connectivity index (χ0) is 17.9. The number of aromatic nitrogens is 5. The van der Waals surface area contributed by atoms with Crippen LogP contribution in [-0.2, 0) is 6.42 Å². The number of aryl methyl sites for hydroxylation is 1. The summed E-state index contributed by atoms with van der Waals surface area (Å²) in [6, 6.07) is 10.7. The van der Waals surface area contributed by atoms with Gasteiger partial charge in [0, 0.05) is 35.6 Å². The van der Waals surface area contributed by atoms with Crippen LogP contribution in [0.2, 0.25) is 0 Å². The van der Waals surface area contributed by atoms with Gasteiger partial charge in [-0.15, -0.1) is 0 Å². The third kappa shape index (κ3) is 3.13. The van der Waals surface area contributed by atoms with Crippen molar-refractivity contribution in [1.82, 2.24) is 24.9 Å². The molecule has 130 valence electrons. The van der Waals surface area contributed by atoms with Crippen LogP contribution in [0.4, 0.5) is 5.82 Å². The molecule has 3 heterocycles. The third-order valence-corrected chi connectivity index (χ3v) is 4.50. The van der Waals surface area contributed by atoms with Gasteiger partial charge in [0.1, 0.15) is 17.8 Å². The Morgan fingerprint density at radius 1 is 1.12 bits per heavy atom. The zero-order valence-corrected chi connectivity index (χ0v) is 14.8. The van der Waals surface area contributed by atoms with Gasteiger partial charge in [0.2, 0.25) is 0 Å². The first kappa shape index (κ1) is 16.2. The molecule has 0 aliphatic rings. The van der Waals surface area contributed by atoms with Crippen molar-refractivity contribution in [2.24, 2.45) is 0 Å². The van der Waals surface area contributed by atoms with E-state index >= 15 is 0 Å². The second-order valence-corrected chi connectivity index (χ2v) is 6.21. The number of H-pyrrole nitrogens is 1. The summed E-state index contributed by atoms with van der Waals surface area (Å²) in [5.41, 5.74) is 4.24. The van der Waals surface area contributed by atoms with Gasteiger partial charge in [0.25, 0.3) is 0 Å². The molecule has 0 unspecified atom stereocenters. The smallest absolute Gasteiger partial charge is 0.163 e. The molecule has 6 nitrogen and oxygen atoms in total. The van der Waals surface area contributed by atoms with Gasteiger partial charge >= 0.3 is 0 Å². The summed E-state index contributed by atoms with van der Waals surface area (Å²) in [5.74, 6) is 1.43. The summed E-state index contributed by atoms with van der Waals surface area (Å²) in [6.45, 7) is 4.29. The molecule has 0 spiro atoms.